The Labute approximate surface area is 123 Å². The average molecular weight is 305 g/mol. The third-order valence-electron chi connectivity index (χ3n) is 2.63. The Morgan fingerprint density at radius 3 is 2.63 bits per heavy atom. The molecule has 0 aromatic carbocycles. The molecule has 0 aliphatic carbocycles. The van der Waals surface area contributed by atoms with Gasteiger partial charge in [0.25, 0.3) is 0 Å². The number of nitrogens with zero attached hydrogens (tertiary/aromatic N) is 2. The summed E-state index contributed by atoms with van der Waals surface area (Å²) in [5, 5.41) is 0.720. The van der Waals surface area contributed by atoms with Gasteiger partial charge in [0.15, 0.2) is 0 Å². The van der Waals surface area contributed by atoms with E-state index in [1.807, 2.05) is 24.8 Å². The van der Waals surface area contributed by atoms with Crippen molar-refractivity contribution < 1.29 is 9.53 Å². The van der Waals surface area contributed by atoms with Crippen molar-refractivity contribution >= 4 is 29.2 Å². The summed E-state index contributed by atoms with van der Waals surface area (Å²) in [6.45, 7) is 6.95. The Bertz CT molecular complexity index is 439. The van der Waals surface area contributed by atoms with Gasteiger partial charge < -0.3 is 4.74 Å². The molecule has 0 bridgehead atoms. The number of halogens is 2. The summed E-state index contributed by atoms with van der Waals surface area (Å²) >= 11 is 11.8. The Kier molecular flexibility index (Phi) is 6.55. The minimum absolute atomic E-state index is 0.191. The van der Waals surface area contributed by atoms with Gasteiger partial charge in [0, 0.05) is 18.2 Å². The summed E-state index contributed by atoms with van der Waals surface area (Å²) in [5.41, 5.74) is 0.837. The van der Waals surface area contributed by atoms with E-state index in [1.54, 1.807) is 13.0 Å². The van der Waals surface area contributed by atoms with Crippen molar-refractivity contribution in [3.63, 3.8) is 0 Å². The summed E-state index contributed by atoms with van der Waals surface area (Å²) in [7, 11) is 0. The van der Waals surface area contributed by atoms with Gasteiger partial charge in [-0.3, -0.25) is 9.69 Å². The molecular weight excluding hydrogens is 287 g/mol. The highest BCUT2D eigenvalue weighted by Gasteiger charge is 2.17. The van der Waals surface area contributed by atoms with Crippen LogP contribution in [0.5, 0.6) is 0 Å². The molecule has 0 N–H and O–H groups in total. The first-order chi connectivity index (χ1) is 8.93. The molecule has 6 heteroatoms. The van der Waals surface area contributed by atoms with Gasteiger partial charge in [0.1, 0.15) is 10.3 Å². The van der Waals surface area contributed by atoms with E-state index in [0.29, 0.717) is 23.5 Å². The SMILES string of the molecule is CCOC(=O)CN(Cc1ccc(Cl)nc1Cl)C(C)C. The van der Waals surface area contributed by atoms with E-state index in [-0.39, 0.29) is 18.6 Å². The van der Waals surface area contributed by atoms with Gasteiger partial charge in [-0.25, -0.2) is 4.98 Å². The van der Waals surface area contributed by atoms with Crippen molar-refractivity contribution in [1.82, 2.24) is 9.88 Å². The Morgan fingerprint density at radius 1 is 1.42 bits per heavy atom. The lowest BCUT2D eigenvalue weighted by Gasteiger charge is -2.25. The molecular formula is C13H18Cl2N2O2. The van der Waals surface area contributed by atoms with Gasteiger partial charge in [-0.15, -0.1) is 0 Å². The highest BCUT2D eigenvalue weighted by atomic mass is 35.5. The lowest BCUT2D eigenvalue weighted by molar-refractivity contribution is -0.145. The Balaban J connectivity index is 2.75. The van der Waals surface area contributed by atoms with Crippen LogP contribution >= 0.6 is 23.2 Å². The molecule has 0 radical (unpaired) electrons. The first-order valence-corrected chi connectivity index (χ1v) is 6.90. The van der Waals surface area contributed by atoms with Gasteiger partial charge in [-0.1, -0.05) is 29.3 Å². The molecule has 0 unspecified atom stereocenters. The van der Waals surface area contributed by atoms with Crippen molar-refractivity contribution in [2.75, 3.05) is 13.2 Å². The molecule has 0 saturated carbocycles. The van der Waals surface area contributed by atoms with E-state index in [1.165, 1.54) is 0 Å². The van der Waals surface area contributed by atoms with E-state index in [4.69, 9.17) is 27.9 Å². The highest BCUT2D eigenvalue weighted by molar-refractivity contribution is 6.32. The van der Waals surface area contributed by atoms with E-state index < -0.39 is 0 Å². The van der Waals surface area contributed by atoms with Crippen LogP contribution in [-0.2, 0) is 16.1 Å². The fourth-order valence-electron chi connectivity index (χ4n) is 1.57. The van der Waals surface area contributed by atoms with Crippen LogP contribution in [0, 0.1) is 0 Å². The smallest absolute Gasteiger partial charge is 0.320 e. The number of hydrogen-bond acceptors (Lipinski definition) is 4. The maximum absolute atomic E-state index is 11.6. The number of aromatic nitrogens is 1. The topological polar surface area (TPSA) is 42.4 Å². The first-order valence-electron chi connectivity index (χ1n) is 6.14. The fourth-order valence-corrected chi connectivity index (χ4v) is 1.98. The number of rotatable bonds is 6. The van der Waals surface area contributed by atoms with Crippen molar-refractivity contribution in [2.45, 2.75) is 33.4 Å². The summed E-state index contributed by atoms with van der Waals surface area (Å²) in [5.74, 6) is -0.241. The second kappa shape index (κ2) is 7.68. The van der Waals surface area contributed by atoms with E-state index >= 15 is 0 Å². The van der Waals surface area contributed by atoms with E-state index in [2.05, 4.69) is 4.98 Å². The van der Waals surface area contributed by atoms with Crippen LogP contribution in [0.25, 0.3) is 0 Å². The molecule has 0 saturated heterocycles. The quantitative estimate of drug-likeness (QED) is 0.598. The second-order valence-corrected chi connectivity index (χ2v) is 5.13. The number of hydrogen-bond donors (Lipinski definition) is 0. The van der Waals surface area contributed by atoms with E-state index in [9.17, 15) is 4.79 Å². The molecule has 106 valence electrons. The largest absolute Gasteiger partial charge is 0.465 e. The van der Waals surface area contributed by atoms with Gasteiger partial charge >= 0.3 is 5.97 Å². The number of carbonyl (C=O) groups excluding carboxylic acids is 1. The lowest BCUT2D eigenvalue weighted by Crippen LogP contribution is -2.36. The van der Waals surface area contributed by atoms with Crippen LogP contribution in [0.15, 0.2) is 12.1 Å². The zero-order valence-electron chi connectivity index (χ0n) is 11.3. The van der Waals surface area contributed by atoms with Crippen molar-refractivity contribution in [3.05, 3.63) is 28.0 Å². The molecule has 1 rings (SSSR count). The summed E-state index contributed by atoms with van der Waals surface area (Å²) in [6.07, 6.45) is 0. The molecule has 0 aliphatic heterocycles. The van der Waals surface area contributed by atoms with Crippen LogP contribution in [0.2, 0.25) is 10.3 Å². The number of pyridine rings is 1. The van der Waals surface area contributed by atoms with Crippen molar-refractivity contribution in [2.24, 2.45) is 0 Å². The number of ether oxygens (including phenoxy) is 1. The molecule has 0 aliphatic rings. The molecule has 1 aromatic heterocycles. The molecule has 0 atom stereocenters. The van der Waals surface area contributed by atoms with Crippen LogP contribution in [0.4, 0.5) is 0 Å². The predicted octanol–water partition coefficient (Wildman–Crippen LogP) is 3.16. The monoisotopic (exact) mass is 304 g/mol. The third-order valence-corrected chi connectivity index (χ3v) is 3.17. The third kappa shape index (κ3) is 5.35. The van der Waals surface area contributed by atoms with Gasteiger partial charge in [-0.2, -0.15) is 0 Å². The average Bonchev–Trinajstić information content (AvgIpc) is 2.31. The molecule has 0 spiro atoms. The van der Waals surface area contributed by atoms with Gasteiger partial charge in [-0.05, 0) is 26.8 Å². The second-order valence-electron chi connectivity index (χ2n) is 4.39. The molecule has 1 aromatic rings. The lowest BCUT2D eigenvalue weighted by atomic mass is 10.2. The van der Waals surface area contributed by atoms with Crippen LogP contribution in [-0.4, -0.2) is 35.0 Å². The molecule has 1 heterocycles. The zero-order chi connectivity index (χ0) is 14.4. The Hall–Kier alpha value is -0.840. The molecule has 19 heavy (non-hydrogen) atoms. The maximum Gasteiger partial charge on any atom is 0.320 e. The molecule has 4 nitrogen and oxygen atoms in total. The fraction of sp³-hybridized carbons (Fsp3) is 0.538. The van der Waals surface area contributed by atoms with Gasteiger partial charge in [0.05, 0.1) is 13.2 Å². The minimum Gasteiger partial charge on any atom is -0.465 e. The zero-order valence-corrected chi connectivity index (χ0v) is 12.8. The van der Waals surface area contributed by atoms with Gasteiger partial charge in [0.2, 0.25) is 0 Å². The van der Waals surface area contributed by atoms with E-state index in [0.717, 1.165) is 5.56 Å². The first kappa shape index (κ1) is 16.2. The maximum atomic E-state index is 11.6. The van der Waals surface area contributed by atoms with Crippen LogP contribution in [0.1, 0.15) is 26.3 Å². The Morgan fingerprint density at radius 2 is 2.11 bits per heavy atom. The predicted molar refractivity (Wildman–Crippen MR) is 76.4 cm³/mol. The standard InChI is InChI=1S/C13H18Cl2N2O2/c1-4-19-12(18)8-17(9(2)3)7-10-5-6-11(14)16-13(10)15/h5-6,9H,4,7-8H2,1-3H3. The molecule has 0 fully saturated rings. The number of carbonyl (C=O) groups is 1. The van der Waals surface area contributed by atoms with Crippen molar-refractivity contribution in [1.29, 1.82) is 0 Å². The van der Waals surface area contributed by atoms with Crippen LogP contribution < -0.4 is 0 Å². The highest BCUT2D eigenvalue weighted by Crippen LogP contribution is 2.19. The van der Waals surface area contributed by atoms with Crippen molar-refractivity contribution in [3.8, 4) is 0 Å². The summed E-state index contributed by atoms with van der Waals surface area (Å²) in [6, 6.07) is 3.69. The minimum atomic E-state index is -0.241. The normalized spacial score (nSPS) is 11.1. The summed E-state index contributed by atoms with van der Waals surface area (Å²) in [4.78, 5) is 17.5. The molecule has 0 amide bonds. The number of esters is 1. The summed E-state index contributed by atoms with van der Waals surface area (Å²) < 4.78 is 4.96. The van der Waals surface area contributed by atoms with Crippen LogP contribution in [0.3, 0.4) is 0 Å².